The number of amides is 2. The number of piperidine rings is 1. The maximum atomic E-state index is 12.6. The molecule has 1 fully saturated rings. The van der Waals surface area contributed by atoms with Crippen molar-refractivity contribution in [2.24, 2.45) is 0 Å². The Morgan fingerprint density at radius 1 is 1.24 bits per heavy atom. The summed E-state index contributed by atoms with van der Waals surface area (Å²) >= 11 is 1.37. The van der Waals surface area contributed by atoms with Gasteiger partial charge < -0.3 is 24.4 Å². The molecule has 0 unspecified atom stereocenters. The van der Waals surface area contributed by atoms with E-state index in [1.807, 2.05) is 18.2 Å². The highest BCUT2D eigenvalue weighted by molar-refractivity contribution is 7.13. The minimum absolute atomic E-state index is 0.00434. The van der Waals surface area contributed by atoms with E-state index < -0.39 is 0 Å². The average molecular weight is 420 g/mol. The summed E-state index contributed by atoms with van der Waals surface area (Å²) in [6.07, 6.45) is 1.07. The predicted octanol–water partition coefficient (Wildman–Crippen LogP) is 3.18. The molecule has 1 aromatic carbocycles. The number of hydrogen-bond donors (Lipinski definition) is 1. The van der Waals surface area contributed by atoms with Gasteiger partial charge in [-0.3, -0.25) is 4.79 Å². The van der Waals surface area contributed by atoms with Crippen molar-refractivity contribution in [2.75, 3.05) is 33.9 Å². The van der Waals surface area contributed by atoms with Crippen LogP contribution in [-0.4, -0.2) is 61.8 Å². The normalized spacial score (nSPS) is 14.4. The molecular weight excluding hydrogens is 394 g/mol. The molecule has 1 saturated heterocycles. The Bertz CT molecular complexity index is 862. The van der Waals surface area contributed by atoms with E-state index >= 15 is 0 Å². The number of aromatic nitrogens is 1. The lowest BCUT2D eigenvalue weighted by Gasteiger charge is -2.31. The van der Waals surface area contributed by atoms with Crippen molar-refractivity contribution in [1.82, 2.24) is 15.2 Å². The first-order valence-corrected chi connectivity index (χ1v) is 10.3. The lowest BCUT2D eigenvalue weighted by atomic mass is 10.1. The van der Waals surface area contributed by atoms with E-state index in [-0.39, 0.29) is 18.0 Å². The number of thiazole rings is 1. The number of likely N-dealkylation sites (tertiary alicyclic amines) is 1. The monoisotopic (exact) mass is 419 g/mol. The van der Waals surface area contributed by atoms with Crippen LogP contribution in [0.25, 0.3) is 10.6 Å². The summed E-state index contributed by atoms with van der Waals surface area (Å²) in [5.41, 5.74) is 1.14. The minimum atomic E-state index is -0.298. The van der Waals surface area contributed by atoms with Gasteiger partial charge in [-0.15, -0.1) is 11.3 Å². The highest BCUT2D eigenvalue weighted by atomic mass is 32.1. The Morgan fingerprint density at radius 3 is 2.66 bits per heavy atom. The number of carbonyl (C=O) groups excluding carboxylic acids is 2. The van der Waals surface area contributed by atoms with Crippen molar-refractivity contribution < 1.29 is 23.8 Å². The minimum Gasteiger partial charge on any atom is -0.493 e. The highest BCUT2D eigenvalue weighted by Gasteiger charge is 2.25. The van der Waals surface area contributed by atoms with E-state index in [0.717, 1.165) is 5.56 Å². The zero-order valence-electron chi connectivity index (χ0n) is 16.8. The summed E-state index contributed by atoms with van der Waals surface area (Å²) in [6, 6.07) is 5.55. The van der Waals surface area contributed by atoms with Crippen LogP contribution in [0.4, 0.5) is 4.79 Å². The van der Waals surface area contributed by atoms with Gasteiger partial charge in [-0.2, -0.15) is 0 Å². The molecule has 2 heterocycles. The van der Waals surface area contributed by atoms with Crippen LogP contribution in [0.15, 0.2) is 23.6 Å². The molecule has 1 aliphatic rings. The SMILES string of the molecule is CCOC(=O)N1CCC(NC(=O)c2csc(-c3cccc(OC)c3OC)n2)CC1. The fourth-order valence-corrected chi connectivity index (χ4v) is 4.06. The summed E-state index contributed by atoms with van der Waals surface area (Å²) in [5, 5.41) is 5.43. The van der Waals surface area contributed by atoms with Crippen LogP contribution in [0.3, 0.4) is 0 Å². The zero-order chi connectivity index (χ0) is 20.8. The quantitative estimate of drug-likeness (QED) is 0.773. The summed E-state index contributed by atoms with van der Waals surface area (Å²) in [5.74, 6) is 0.978. The molecule has 0 saturated carbocycles. The number of hydrogen-bond acceptors (Lipinski definition) is 7. The molecular formula is C20H25N3O5S. The second kappa shape index (κ2) is 9.60. The van der Waals surface area contributed by atoms with Crippen molar-refractivity contribution in [3.05, 3.63) is 29.3 Å². The Kier molecular flexibility index (Phi) is 6.92. The standard InChI is InChI=1S/C20H25N3O5S/c1-4-28-20(25)23-10-8-13(9-11-23)21-18(24)15-12-29-19(22-15)14-6-5-7-16(26-2)17(14)27-3/h5-7,12-13H,4,8-11H2,1-3H3,(H,21,24). The fourth-order valence-electron chi connectivity index (χ4n) is 3.24. The van der Waals surface area contributed by atoms with Crippen LogP contribution < -0.4 is 14.8 Å². The third kappa shape index (κ3) is 4.79. The second-order valence-electron chi connectivity index (χ2n) is 6.51. The Labute approximate surface area is 173 Å². The third-order valence-corrected chi connectivity index (χ3v) is 5.60. The third-order valence-electron chi connectivity index (χ3n) is 4.73. The van der Waals surface area contributed by atoms with Crippen LogP contribution in [-0.2, 0) is 4.74 Å². The van der Waals surface area contributed by atoms with Crippen molar-refractivity contribution in [3.63, 3.8) is 0 Å². The molecule has 2 amide bonds. The topological polar surface area (TPSA) is 90.0 Å². The first kappa shape index (κ1) is 20.9. The van der Waals surface area contributed by atoms with Crippen LogP contribution in [0.1, 0.15) is 30.3 Å². The number of benzene rings is 1. The lowest BCUT2D eigenvalue weighted by molar-refractivity contribution is 0.0857. The summed E-state index contributed by atoms with van der Waals surface area (Å²) in [4.78, 5) is 30.6. The van der Waals surface area contributed by atoms with E-state index in [2.05, 4.69) is 10.3 Å². The largest absolute Gasteiger partial charge is 0.493 e. The predicted molar refractivity (Wildman–Crippen MR) is 110 cm³/mol. The van der Waals surface area contributed by atoms with Gasteiger partial charge >= 0.3 is 6.09 Å². The molecule has 29 heavy (non-hydrogen) atoms. The highest BCUT2D eigenvalue weighted by Crippen LogP contribution is 2.38. The Balaban J connectivity index is 1.63. The van der Waals surface area contributed by atoms with Gasteiger partial charge in [-0.25, -0.2) is 9.78 Å². The smallest absolute Gasteiger partial charge is 0.409 e. The van der Waals surface area contributed by atoms with E-state index in [0.29, 0.717) is 54.7 Å². The molecule has 0 spiro atoms. The van der Waals surface area contributed by atoms with Crippen molar-refractivity contribution in [2.45, 2.75) is 25.8 Å². The van der Waals surface area contributed by atoms with Crippen LogP contribution in [0.2, 0.25) is 0 Å². The van der Waals surface area contributed by atoms with Crippen LogP contribution in [0.5, 0.6) is 11.5 Å². The van der Waals surface area contributed by atoms with Gasteiger partial charge in [0.05, 0.1) is 26.4 Å². The number of methoxy groups -OCH3 is 2. The van der Waals surface area contributed by atoms with Gasteiger partial charge in [0.25, 0.3) is 5.91 Å². The van der Waals surface area contributed by atoms with Gasteiger partial charge in [0.15, 0.2) is 11.5 Å². The number of nitrogens with one attached hydrogen (secondary N) is 1. The zero-order valence-corrected chi connectivity index (χ0v) is 17.6. The first-order valence-electron chi connectivity index (χ1n) is 9.46. The molecule has 9 heteroatoms. The van der Waals surface area contributed by atoms with Crippen molar-refractivity contribution >= 4 is 23.3 Å². The van der Waals surface area contributed by atoms with Gasteiger partial charge in [0.1, 0.15) is 10.7 Å². The average Bonchev–Trinajstić information content (AvgIpc) is 3.24. The van der Waals surface area contributed by atoms with Crippen LogP contribution in [0, 0.1) is 0 Å². The number of nitrogens with zero attached hydrogens (tertiary/aromatic N) is 2. The Hall–Kier alpha value is -2.81. The van der Waals surface area contributed by atoms with E-state index in [1.54, 1.807) is 31.4 Å². The summed E-state index contributed by atoms with van der Waals surface area (Å²) in [6.45, 7) is 3.27. The van der Waals surface area contributed by atoms with Gasteiger partial charge in [-0.05, 0) is 31.9 Å². The summed E-state index contributed by atoms with van der Waals surface area (Å²) in [7, 11) is 3.15. The van der Waals surface area contributed by atoms with Gasteiger partial charge in [0.2, 0.25) is 0 Å². The van der Waals surface area contributed by atoms with E-state index in [1.165, 1.54) is 11.3 Å². The molecule has 156 valence electrons. The molecule has 0 bridgehead atoms. The molecule has 0 atom stereocenters. The molecule has 0 radical (unpaired) electrons. The molecule has 8 nitrogen and oxygen atoms in total. The number of ether oxygens (including phenoxy) is 3. The van der Waals surface area contributed by atoms with Gasteiger partial charge in [0, 0.05) is 24.5 Å². The Morgan fingerprint density at radius 2 is 2.00 bits per heavy atom. The molecule has 1 aliphatic heterocycles. The molecule has 0 aliphatic carbocycles. The first-order chi connectivity index (χ1) is 14.1. The molecule has 3 rings (SSSR count). The number of para-hydroxylation sites is 1. The maximum Gasteiger partial charge on any atom is 0.409 e. The summed E-state index contributed by atoms with van der Waals surface area (Å²) < 4.78 is 15.8. The van der Waals surface area contributed by atoms with Crippen molar-refractivity contribution in [3.8, 4) is 22.1 Å². The molecule has 2 aromatic rings. The number of carbonyl (C=O) groups is 2. The number of rotatable bonds is 6. The van der Waals surface area contributed by atoms with Gasteiger partial charge in [-0.1, -0.05) is 6.07 Å². The molecule has 1 aromatic heterocycles. The maximum absolute atomic E-state index is 12.6. The van der Waals surface area contributed by atoms with Crippen LogP contribution >= 0.6 is 11.3 Å². The second-order valence-corrected chi connectivity index (χ2v) is 7.37. The van der Waals surface area contributed by atoms with E-state index in [9.17, 15) is 9.59 Å². The van der Waals surface area contributed by atoms with Crippen molar-refractivity contribution in [1.29, 1.82) is 0 Å². The molecule has 1 N–H and O–H groups in total. The van der Waals surface area contributed by atoms with E-state index in [4.69, 9.17) is 14.2 Å². The lowest BCUT2D eigenvalue weighted by Crippen LogP contribution is -2.46. The fraction of sp³-hybridized carbons (Fsp3) is 0.450.